The molecule has 0 unspecified atom stereocenters. The first-order valence-electron chi connectivity index (χ1n) is 3.64. The number of hydrogen-bond acceptors (Lipinski definition) is 3. The molecule has 0 amide bonds. The molecule has 0 aromatic carbocycles. The van der Waals surface area contributed by atoms with Crippen molar-refractivity contribution in [2.75, 3.05) is 0 Å². The third kappa shape index (κ3) is 2.32. The molecule has 0 fully saturated rings. The van der Waals surface area contributed by atoms with Gasteiger partial charge in [0.15, 0.2) is 0 Å². The summed E-state index contributed by atoms with van der Waals surface area (Å²) in [5.41, 5.74) is -1.74. The SMILES string of the molecule is O=[N+]([O-])c1c(C(F)F)cnc(Cl)c1CCl. The van der Waals surface area contributed by atoms with Crippen molar-refractivity contribution in [2.45, 2.75) is 12.3 Å². The molecule has 0 aliphatic rings. The highest BCUT2D eigenvalue weighted by Gasteiger charge is 2.27. The molecule has 0 spiro atoms. The van der Waals surface area contributed by atoms with Crippen molar-refractivity contribution in [3.05, 3.63) is 32.6 Å². The molecule has 0 bridgehead atoms. The number of nitrogens with zero attached hydrogens (tertiary/aromatic N) is 2. The average molecular weight is 257 g/mol. The van der Waals surface area contributed by atoms with Crippen LogP contribution in [0.1, 0.15) is 17.6 Å². The molecule has 1 rings (SSSR count). The molecular weight excluding hydrogens is 253 g/mol. The summed E-state index contributed by atoms with van der Waals surface area (Å²) < 4.78 is 24.8. The summed E-state index contributed by atoms with van der Waals surface area (Å²) in [4.78, 5) is 13.1. The normalized spacial score (nSPS) is 10.7. The van der Waals surface area contributed by atoms with Crippen molar-refractivity contribution >= 4 is 28.9 Å². The lowest BCUT2D eigenvalue weighted by atomic mass is 10.1. The Bertz CT molecular complexity index is 401. The van der Waals surface area contributed by atoms with Gasteiger partial charge < -0.3 is 0 Å². The Labute approximate surface area is 93.0 Å². The van der Waals surface area contributed by atoms with Gasteiger partial charge in [0.1, 0.15) is 10.7 Å². The van der Waals surface area contributed by atoms with Crippen molar-refractivity contribution < 1.29 is 13.7 Å². The van der Waals surface area contributed by atoms with Crippen molar-refractivity contribution in [1.82, 2.24) is 4.98 Å². The molecule has 0 N–H and O–H groups in total. The highest BCUT2D eigenvalue weighted by atomic mass is 35.5. The van der Waals surface area contributed by atoms with Crippen LogP contribution in [0.4, 0.5) is 14.5 Å². The van der Waals surface area contributed by atoms with Gasteiger partial charge in [-0.3, -0.25) is 10.1 Å². The number of halogens is 4. The van der Waals surface area contributed by atoms with E-state index in [0.717, 1.165) is 0 Å². The molecular formula is C7H4Cl2F2N2O2. The predicted molar refractivity (Wildman–Crippen MR) is 50.4 cm³/mol. The standard InChI is InChI=1S/C7H4Cl2F2N2O2/c8-1-3-5(13(14)15)4(7(10)11)2-12-6(3)9/h2,7H,1H2. The van der Waals surface area contributed by atoms with Crippen LogP contribution in [0.25, 0.3) is 0 Å². The fourth-order valence-corrected chi connectivity index (χ4v) is 1.56. The van der Waals surface area contributed by atoms with Crippen LogP contribution in [0, 0.1) is 10.1 Å². The van der Waals surface area contributed by atoms with E-state index in [4.69, 9.17) is 23.2 Å². The highest BCUT2D eigenvalue weighted by molar-refractivity contribution is 6.31. The Morgan fingerprint density at radius 2 is 2.20 bits per heavy atom. The molecule has 1 heterocycles. The summed E-state index contributed by atoms with van der Waals surface area (Å²) in [7, 11) is 0. The second kappa shape index (κ2) is 4.67. The van der Waals surface area contributed by atoms with E-state index in [9.17, 15) is 18.9 Å². The molecule has 0 radical (unpaired) electrons. The van der Waals surface area contributed by atoms with E-state index in [1.807, 2.05) is 0 Å². The van der Waals surface area contributed by atoms with Gasteiger partial charge in [-0.15, -0.1) is 11.6 Å². The highest BCUT2D eigenvalue weighted by Crippen LogP contribution is 2.35. The van der Waals surface area contributed by atoms with E-state index >= 15 is 0 Å². The zero-order chi connectivity index (χ0) is 11.6. The molecule has 15 heavy (non-hydrogen) atoms. The summed E-state index contributed by atoms with van der Waals surface area (Å²) in [6.07, 6.45) is -2.31. The van der Waals surface area contributed by atoms with Gasteiger partial charge in [0.25, 0.3) is 12.1 Å². The predicted octanol–water partition coefficient (Wildman–Crippen LogP) is 3.32. The third-order valence-electron chi connectivity index (χ3n) is 1.68. The topological polar surface area (TPSA) is 56.0 Å². The molecule has 4 nitrogen and oxygen atoms in total. The first-order chi connectivity index (χ1) is 6.99. The molecule has 1 aromatic rings. The van der Waals surface area contributed by atoms with Crippen molar-refractivity contribution in [1.29, 1.82) is 0 Å². The molecule has 8 heteroatoms. The summed E-state index contributed by atoms with van der Waals surface area (Å²) in [5.74, 6) is -0.345. The smallest absolute Gasteiger partial charge is 0.258 e. The number of nitro groups is 1. The van der Waals surface area contributed by atoms with Crippen LogP contribution in [0.15, 0.2) is 6.20 Å². The van der Waals surface area contributed by atoms with Gasteiger partial charge in [-0.05, 0) is 0 Å². The molecule has 1 aromatic heterocycles. The Balaban J connectivity index is 3.49. The number of pyridine rings is 1. The fourth-order valence-electron chi connectivity index (χ4n) is 1.03. The second-order valence-electron chi connectivity index (χ2n) is 2.52. The van der Waals surface area contributed by atoms with E-state index in [1.54, 1.807) is 0 Å². The van der Waals surface area contributed by atoms with Gasteiger partial charge in [-0.2, -0.15) is 0 Å². The number of rotatable bonds is 3. The molecule has 82 valence electrons. The van der Waals surface area contributed by atoms with Crippen molar-refractivity contribution in [2.24, 2.45) is 0 Å². The lowest BCUT2D eigenvalue weighted by Crippen LogP contribution is -2.02. The molecule has 0 aliphatic heterocycles. The third-order valence-corrected chi connectivity index (χ3v) is 2.27. The minimum atomic E-state index is -2.99. The van der Waals surface area contributed by atoms with Crippen LogP contribution in [-0.4, -0.2) is 9.91 Å². The molecule has 0 atom stereocenters. The summed E-state index contributed by atoms with van der Waals surface area (Å²) in [6, 6.07) is 0. The Kier molecular flexibility index (Phi) is 3.76. The maximum atomic E-state index is 12.4. The lowest BCUT2D eigenvalue weighted by Gasteiger charge is -2.05. The maximum absolute atomic E-state index is 12.4. The Morgan fingerprint density at radius 3 is 2.60 bits per heavy atom. The largest absolute Gasteiger partial charge is 0.287 e. The lowest BCUT2D eigenvalue weighted by molar-refractivity contribution is -0.387. The molecule has 0 aliphatic carbocycles. The van der Waals surface area contributed by atoms with Crippen molar-refractivity contribution in [3.63, 3.8) is 0 Å². The zero-order valence-electron chi connectivity index (χ0n) is 7.08. The first-order valence-corrected chi connectivity index (χ1v) is 4.56. The van der Waals surface area contributed by atoms with Gasteiger partial charge in [0.2, 0.25) is 0 Å². The van der Waals surface area contributed by atoms with Crippen LogP contribution in [-0.2, 0) is 5.88 Å². The van der Waals surface area contributed by atoms with Gasteiger partial charge in [-0.25, -0.2) is 13.8 Å². The minimum Gasteiger partial charge on any atom is -0.258 e. The van der Waals surface area contributed by atoms with Crippen molar-refractivity contribution in [3.8, 4) is 0 Å². The van der Waals surface area contributed by atoms with Gasteiger partial charge >= 0.3 is 0 Å². The minimum absolute atomic E-state index is 0.193. The van der Waals surface area contributed by atoms with E-state index < -0.39 is 22.6 Å². The van der Waals surface area contributed by atoms with E-state index in [1.165, 1.54) is 0 Å². The monoisotopic (exact) mass is 256 g/mol. The molecule has 0 saturated heterocycles. The van der Waals surface area contributed by atoms with Gasteiger partial charge in [0, 0.05) is 6.20 Å². The number of aromatic nitrogens is 1. The van der Waals surface area contributed by atoms with Crippen LogP contribution in [0.3, 0.4) is 0 Å². The average Bonchev–Trinajstić information content (AvgIpc) is 2.16. The second-order valence-corrected chi connectivity index (χ2v) is 3.15. The quantitative estimate of drug-likeness (QED) is 0.361. The Morgan fingerprint density at radius 1 is 1.60 bits per heavy atom. The van der Waals surface area contributed by atoms with E-state index in [-0.39, 0.29) is 16.6 Å². The summed E-state index contributed by atoms with van der Waals surface area (Å²) in [6.45, 7) is 0. The number of alkyl halides is 3. The maximum Gasteiger partial charge on any atom is 0.287 e. The van der Waals surface area contributed by atoms with Crippen LogP contribution in [0.5, 0.6) is 0 Å². The van der Waals surface area contributed by atoms with E-state index in [0.29, 0.717) is 6.20 Å². The van der Waals surface area contributed by atoms with Crippen LogP contribution in [0.2, 0.25) is 5.15 Å². The van der Waals surface area contributed by atoms with Crippen LogP contribution >= 0.6 is 23.2 Å². The first kappa shape index (κ1) is 12.1. The zero-order valence-corrected chi connectivity index (χ0v) is 8.60. The van der Waals surface area contributed by atoms with E-state index in [2.05, 4.69) is 4.98 Å². The van der Waals surface area contributed by atoms with Crippen LogP contribution < -0.4 is 0 Å². The van der Waals surface area contributed by atoms with Gasteiger partial charge in [-0.1, -0.05) is 11.6 Å². The summed E-state index contributed by atoms with van der Waals surface area (Å²) in [5, 5.41) is 10.4. The fraction of sp³-hybridized carbons (Fsp3) is 0.286. The molecule has 0 saturated carbocycles. The Hall–Kier alpha value is -1.01. The van der Waals surface area contributed by atoms with Gasteiger partial charge in [0.05, 0.1) is 16.4 Å². The summed E-state index contributed by atoms with van der Waals surface area (Å²) >= 11 is 10.9. The number of hydrogen-bond donors (Lipinski definition) is 0.